The Labute approximate surface area is 124 Å². The number of thiazole rings is 1. The predicted molar refractivity (Wildman–Crippen MR) is 76.7 cm³/mol. The first kappa shape index (κ1) is 15.2. The van der Waals surface area contributed by atoms with Gasteiger partial charge in [-0.2, -0.15) is 0 Å². The minimum atomic E-state index is -3.87. The van der Waals surface area contributed by atoms with E-state index in [1.807, 2.05) is 6.92 Å². The maximum absolute atomic E-state index is 13.2. The Morgan fingerprint density at radius 2 is 2.20 bits per heavy atom. The maximum atomic E-state index is 13.2. The van der Waals surface area contributed by atoms with Crippen molar-refractivity contribution in [1.82, 2.24) is 9.71 Å². The third kappa shape index (κ3) is 3.26. The fourth-order valence-corrected chi connectivity index (χ4v) is 3.86. The van der Waals surface area contributed by atoms with Crippen molar-refractivity contribution in [2.24, 2.45) is 0 Å². The van der Waals surface area contributed by atoms with Gasteiger partial charge in [-0.15, -0.1) is 11.3 Å². The number of anilines is 1. The van der Waals surface area contributed by atoms with Crippen molar-refractivity contribution in [2.75, 3.05) is 5.73 Å². The lowest BCUT2D eigenvalue weighted by Gasteiger charge is -2.08. The summed E-state index contributed by atoms with van der Waals surface area (Å²) in [6, 6.07) is 1.88. The minimum Gasteiger partial charge on any atom is -0.396 e. The van der Waals surface area contributed by atoms with Gasteiger partial charge in [0.05, 0.1) is 15.7 Å². The summed E-state index contributed by atoms with van der Waals surface area (Å²) in [5.41, 5.74) is 5.09. The molecule has 9 heteroatoms. The largest absolute Gasteiger partial charge is 0.396 e. The van der Waals surface area contributed by atoms with Gasteiger partial charge in [-0.25, -0.2) is 22.5 Å². The summed E-state index contributed by atoms with van der Waals surface area (Å²) in [7, 11) is -3.87. The van der Waals surface area contributed by atoms with Crippen molar-refractivity contribution in [3.05, 3.63) is 39.1 Å². The molecule has 1 aromatic heterocycles. The van der Waals surface area contributed by atoms with E-state index in [0.717, 1.165) is 22.0 Å². The molecular formula is C11H11ClFN3O2S2. The predicted octanol–water partition coefficient (Wildman–Crippen LogP) is 2.30. The molecule has 0 aliphatic carbocycles. The zero-order valence-corrected chi connectivity index (χ0v) is 12.7. The highest BCUT2D eigenvalue weighted by Gasteiger charge is 2.20. The summed E-state index contributed by atoms with van der Waals surface area (Å²) >= 11 is 7.13. The van der Waals surface area contributed by atoms with Gasteiger partial charge in [0.15, 0.2) is 0 Å². The van der Waals surface area contributed by atoms with Gasteiger partial charge in [0, 0.05) is 17.6 Å². The average Bonchev–Trinajstić information content (AvgIpc) is 2.77. The van der Waals surface area contributed by atoms with Gasteiger partial charge < -0.3 is 5.73 Å². The highest BCUT2D eigenvalue weighted by atomic mass is 35.5. The third-order valence-electron chi connectivity index (χ3n) is 2.45. The number of aromatic nitrogens is 1. The molecule has 0 aliphatic rings. The fraction of sp³-hybridized carbons (Fsp3) is 0.182. The minimum absolute atomic E-state index is 0.0848. The van der Waals surface area contributed by atoms with E-state index in [1.165, 1.54) is 11.3 Å². The number of rotatable bonds is 4. The number of benzene rings is 1. The van der Waals surface area contributed by atoms with Gasteiger partial charge in [0.25, 0.3) is 0 Å². The molecule has 3 N–H and O–H groups in total. The van der Waals surface area contributed by atoms with Gasteiger partial charge in [-0.05, 0) is 19.1 Å². The Bertz CT molecular complexity index is 746. The molecule has 0 saturated heterocycles. The molecule has 2 rings (SSSR count). The Morgan fingerprint density at radius 3 is 2.80 bits per heavy atom. The van der Waals surface area contributed by atoms with Crippen LogP contribution in [0, 0.1) is 12.7 Å². The van der Waals surface area contributed by atoms with Crippen LogP contribution in [0.2, 0.25) is 5.02 Å². The Kier molecular flexibility index (Phi) is 4.28. The van der Waals surface area contributed by atoms with Gasteiger partial charge in [0.1, 0.15) is 10.7 Å². The molecule has 20 heavy (non-hydrogen) atoms. The number of hydrogen-bond donors (Lipinski definition) is 2. The molecule has 0 bridgehead atoms. The third-order valence-corrected chi connectivity index (χ3v) is 5.22. The number of hydrogen-bond acceptors (Lipinski definition) is 5. The Morgan fingerprint density at radius 1 is 1.50 bits per heavy atom. The lowest BCUT2D eigenvalue weighted by Crippen LogP contribution is -2.23. The summed E-state index contributed by atoms with van der Waals surface area (Å²) in [4.78, 5) is 4.53. The van der Waals surface area contributed by atoms with E-state index >= 15 is 0 Å². The average molecular weight is 336 g/mol. The Hall–Kier alpha value is -1.22. The summed E-state index contributed by atoms with van der Waals surface area (Å²) in [5, 5.41) is 0.618. The standard InChI is InChI=1S/C11H11ClFN3O2S2/c1-6-15-4-7(19-6)5-16-20(17,18)11-3-10(14)9(13)2-8(11)12/h2-4,16H,5,14H2,1H3. The number of nitrogens with zero attached hydrogens (tertiary/aromatic N) is 1. The van der Waals surface area contributed by atoms with E-state index in [4.69, 9.17) is 17.3 Å². The van der Waals surface area contributed by atoms with Crippen LogP contribution in [0.1, 0.15) is 9.88 Å². The van der Waals surface area contributed by atoms with Crippen molar-refractivity contribution >= 4 is 38.6 Å². The number of aryl methyl sites for hydroxylation is 1. The van der Waals surface area contributed by atoms with Crippen LogP contribution in [0.15, 0.2) is 23.2 Å². The lowest BCUT2D eigenvalue weighted by atomic mass is 10.3. The van der Waals surface area contributed by atoms with Crippen molar-refractivity contribution in [3.8, 4) is 0 Å². The van der Waals surface area contributed by atoms with Crippen LogP contribution in [0.5, 0.6) is 0 Å². The second-order valence-electron chi connectivity index (χ2n) is 3.97. The molecule has 0 fully saturated rings. The summed E-state index contributed by atoms with van der Waals surface area (Å²) in [6.45, 7) is 1.90. The second kappa shape index (κ2) is 5.65. The molecule has 1 heterocycles. The summed E-state index contributed by atoms with van der Waals surface area (Å²) < 4.78 is 39.8. The van der Waals surface area contributed by atoms with E-state index in [2.05, 4.69) is 9.71 Å². The second-order valence-corrected chi connectivity index (χ2v) is 7.44. The van der Waals surface area contributed by atoms with E-state index in [-0.39, 0.29) is 22.2 Å². The lowest BCUT2D eigenvalue weighted by molar-refractivity contribution is 0.581. The molecule has 0 unspecified atom stereocenters. The highest BCUT2D eigenvalue weighted by molar-refractivity contribution is 7.89. The van der Waals surface area contributed by atoms with Crippen molar-refractivity contribution < 1.29 is 12.8 Å². The van der Waals surface area contributed by atoms with Crippen LogP contribution in [-0.4, -0.2) is 13.4 Å². The van der Waals surface area contributed by atoms with Gasteiger partial charge in [-0.3, -0.25) is 0 Å². The highest BCUT2D eigenvalue weighted by Crippen LogP contribution is 2.26. The topological polar surface area (TPSA) is 85.1 Å². The van der Waals surface area contributed by atoms with Crippen molar-refractivity contribution in [3.63, 3.8) is 0 Å². The molecule has 0 amide bonds. The van der Waals surface area contributed by atoms with Crippen molar-refractivity contribution in [1.29, 1.82) is 0 Å². The smallest absolute Gasteiger partial charge is 0.242 e. The van der Waals surface area contributed by atoms with Crippen LogP contribution in [0.3, 0.4) is 0 Å². The van der Waals surface area contributed by atoms with Crippen LogP contribution < -0.4 is 10.5 Å². The van der Waals surface area contributed by atoms with E-state index in [1.54, 1.807) is 6.20 Å². The summed E-state index contributed by atoms with van der Waals surface area (Å²) in [6.07, 6.45) is 1.59. The number of nitrogen functional groups attached to an aromatic ring is 1. The van der Waals surface area contributed by atoms with Gasteiger partial charge in [-0.1, -0.05) is 11.6 Å². The van der Waals surface area contributed by atoms with Gasteiger partial charge >= 0.3 is 0 Å². The number of nitrogens with two attached hydrogens (primary N) is 1. The monoisotopic (exact) mass is 335 g/mol. The van der Waals surface area contributed by atoms with E-state index in [9.17, 15) is 12.8 Å². The van der Waals surface area contributed by atoms with Crippen LogP contribution >= 0.6 is 22.9 Å². The zero-order valence-electron chi connectivity index (χ0n) is 10.4. The molecular weight excluding hydrogens is 325 g/mol. The van der Waals surface area contributed by atoms with Crippen LogP contribution in [0.25, 0.3) is 0 Å². The number of sulfonamides is 1. The Balaban J connectivity index is 2.24. The fourth-order valence-electron chi connectivity index (χ4n) is 1.48. The summed E-state index contributed by atoms with van der Waals surface area (Å²) in [5.74, 6) is -0.757. The van der Waals surface area contributed by atoms with Crippen molar-refractivity contribution in [2.45, 2.75) is 18.4 Å². The molecule has 0 aliphatic heterocycles. The first-order valence-corrected chi connectivity index (χ1v) is 8.13. The molecule has 0 spiro atoms. The molecule has 1 aromatic carbocycles. The zero-order chi connectivity index (χ0) is 14.9. The maximum Gasteiger partial charge on any atom is 0.242 e. The molecule has 0 saturated carbocycles. The molecule has 108 valence electrons. The first-order valence-electron chi connectivity index (χ1n) is 5.45. The van der Waals surface area contributed by atoms with Crippen LogP contribution in [-0.2, 0) is 16.6 Å². The number of nitrogens with one attached hydrogen (secondary N) is 1. The first-order chi connectivity index (χ1) is 9.29. The number of halogens is 2. The van der Waals surface area contributed by atoms with E-state index in [0.29, 0.717) is 0 Å². The van der Waals surface area contributed by atoms with Crippen LogP contribution in [0.4, 0.5) is 10.1 Å². The normalized spacial score (nSPS) is 11.8. The van der Waals surface area contributed by atoms with Gasteiger partial charge in [0.2, 0.25) is 10.0 Å². The molecule has 0 atom stereocenters. The molecule has 0 radical (unpaired) electrons. The molecule has 2 aromatic rings. The molecule has 5 nitrogen and oxygen atoms in total. The quantitative estimate of drug-likeness (QED) is 0.840. The SMILES string of the molecule is Cc1ncc(CNS(=O)(=O)c2cc(N)c(F)cc2Cl)s1. The van der Waals surface area contributed by atoms with E-state index < -0.39 is 15.8 Å².